The van der Waals surface area contributed by atoms with E-state index >= 15 is 0 Å². The van der Waals surface area contributed by atoms with Gasteiger partial charge in [0.1, 0.15) is 0 Å². The van der Waals surface area contributed by atoms with Crippen LogP contribution in [0.2, 0.25) is 0 Å². The molecule has 0 aromatic carbocycles. The van der Waals surface area contributed by atoms with Crippen LogP contribution < -0.4 is 5.32 Å². The van der Waals surface area contributed by atoms with E-state index in [4.69, 9.17) is 11.6 Å². The second-order valence-corrected chi connectivity index (χ2v) is 5.10. The van der Waals surface area contributed by atoms with Gasteiger partial charge >= 0.3 is 0 Å². The van der Waals surface area contributed by atoms with Crippen LogP contribution in [0.25, 0.3) is 0 Å². The highest BCUT2D eigenvalue weighted by atomic mass is 35.5. The van der Waals surface area contributed by atoms with Crippen molar-refractivity contribution in [2.24, 2.45) is 5.41 Å². The number of hydrogen-bond donors (Lipinski definition) is 1. The smallest absolute Gasteiger partial charge is 0.0238 e. The minimum Gasteiger partial charge on any atom is -0.311 e. The Morgan fingerprint density at radius 2 is 1.75 bits per heavy atom. The summed E-state index contributed by atoms with van der Waals surface area (Å²) in [5.74, 6) is 0.738. The van der Waals surface area contributed by atoms with Crippen molar-refractivity contribution in [3.8, 4) is 0 Å². The predicted octanol–water partition coefficient (Wildman–Crippen LogP) is 3.03. The Morgan fingerprint density at radius 3 is 2.00 bits per heavy atom. The lowest BCUT2D eigenvalue weighted by molar-refractivity contribution is 0.248. The van der Waals surface area contributed by atoms with Gasteiger partial charge in [0.15, 0.2) is 0 Å². The van der Waals surface area contributed by atoms with Gasteiger partial charge < -0.3 is 5.32 Å². The molecule has 1 atom stereocenters. The lowest BCUT2D eigenvalue weighted by Gasteiger charge is -2.32. The van der Waals surface area contributed by atoms with Crippen LogP contribution >= 0.6 is 11.6 Å². The average Bonchev–Trinajstić information content (AvgIpc) is 1.83. The van der Waals surface area contributed by atoms with Gasteiger partial charge in [-0.05, 0) is 11.8 Å². The third kappa shape index (κ3) is 5.00. The molecule has 0 radical (unpaired) electrons. The minimum atomic E-state index is 0.305. The number of alkyl halides is 1. The molecule has 0 aliphatic carbocycles. The highest BCUT2D eigenvalue weighted by molar-refractivity contribution is 6.17. The van der Waals surface area contributed by atoms with Crippen LogP contribution in [0.4, 0.5) is 0 Å². The maximum atomic E-state index is 5.75. The molecule has 74 valence electrons. The zero-order chi connectivity index (χ0) is 9.78. The Balaban J connectivity index is 4.04. The summed E-state index contributed by atoms with van der Waals surface area (Å²) in [4.78, 5) is 0. The summed E-state index contributed by atoms with van der Waals surface area (Å²) in [5.41, 5.74) is 0.305. The Morgan fingerprint density at radius 1 is 1.25 bits per heavy atom. The Bertz CT molecular complexity index is 115. The molecular weight excluding hydrogens is 170 g/mol. The molecular formula is C10H22ClN. The molecule has 0 spiro atoms. The van der Waals surface area contributed by atoms with Crippen molar-refractivity contribution in [2.45, 2.75) is 53.1 Å². The highest BCUT2D eigenvalue weighted by Crippen LogP contribution is 2.22. The number of rotatable bonds is 4. The van der Waals surface area contributed by atoms with Crippen LogP contribution in [0.3, 0.4) is 0 Å². The molecule has 0 heterocycles. The van der Waals surface area contributed by atoms with Gasteiger partial charge in [0.2, 0.25) is 0 Å². The molecule has 0 fully saturated rings. The lowest BCUT2D eigenvalue weighted by Crippen LogP contribution is -2.44. The number of hydrogen-bond acceptors (Lipinski definition) is 1. The van der Waals surface area contributed by atoms with Crippen LogP contribution in [-0.4, -0.2) is 18.0 Å². The molecule has 1 nitrogen and oxygen atoms in total. The maximum absolute atomic E-state index is 5.75. The van der Waals surface area contributed by atoms with Crippen molar-refractivity contribution >= 4 is 11.6 Å². The largest absolute Gasteiger partial charge is 0.311 e. The molecule has 1 N–H and O–H groups in total. The third-order valence-electron chi connectivity index (χ3n) is 1.98. The summed E-state index contributed by atoms with van der Waals surface area (Å²) >= 11 is 5.75. The first-order chi connectivity index (χ1) is 5.38. The zero-order valence-electron chi connectivity index (χ0n) is 8.95. The highest BCUT2D eigenvalue weighted by Gasteiger charge is 2.23. The maximum Gasteiger partial charge on any atom is 0.0238 e. The fourth-order valence-electron chi connectivity index (χ4n) is 1.28. The first kappa shape index (κ1) is 12.2. The van der Waals surface area contributed by atoms with Gasteiger partial charge in [-0.15, -0.1) is 11.6 Å². The summed E-state index contributed by atoms with van der Waals surface area (Å²) in [6.45, 7) is 11.1. The van der Waals surface area contributed by atoms with E-state index in [1.54, 1.807) is 0 Å². The fraction of sp³-hybridized carbons (Fsp3) is 1.00. The molecule has 0 rings (SSSR count). The molecule has 0 saturated carbocycles. The average molecular weight is 192 g/mol. The van der Waals surface area contributed by atoms with E-state index in [1.807, 2.05) is 0 Å². The van der Waals surface area contributed by atoms with Crippen LogP contribution in [0.5, 0.6) is 0 Å². The van der Waals surface area contributed by atoms with Gasteiger partial charge in [-0.1, -0.05) is 34.6 Å². The van der Waals surface area contributed by atoms with Crippen molar-refractivity contribution in [1.82, 2.24) is 5.32 Å². The first-order valence-electron chi connectivity index (χ1n) is 4.70. The van der Waals surface area contributed by atoms with E-state index in [0.717, 1.165) is 12.3 Å². The predicted molar refractivity (Wildman–Crippen MR) is 56.9 cm³/mol. The van der Waals surface area contributed by atoms with Crippen LogP contribution in [0, 0.1) is 5.41 Å². The molecule has 0 aliphatic heterocycles. The third-order valence-corrected chi connectivity index (χ3v) is 2.20. The van der Waals surface area contributed by atoms with E-state index in [0.29, 0.717) is 17.5 Å². The monoisotopic (exact) mass is 191 g/mol. The Labute approximate surface area is 81.9 Å². The van der Waals surface area contributed by atoms with Crippen molar-refractivity contribution in [3.05, 3.63) is 0 Å². The first-order valence-corrected chi connectivity index (χ1v) is 5.23. The van der Waals surface area contributed by atoms with Gasteiger partial charge in [0, 0.05) is 18.0 Å². The molecule has 0 aromatic heterocycles. The molecule has 1 unspecified atom stereocenters. The summed E-state index contributed by atoms with van der Waals surface area (Å²) in [7, 11) is 0. The van der Waals surface area contributed by atoms with Crippen molar-refractivity contribution in [1.29, 1.82) is 0 Å². The molecule has 0 aliphatic rings. The van der Waals surface area contributed by atoms with E-state index in [-0.39, 0.29) is 0 Å². The summed E-state index contributed by atoms with van der Waals surface area (Å²) in [5, 5.41) is 3.54. The van der Waals surface area contributed by atoms with Crippen LogP contribution in [0.1, 0.15) is 41.0 Å². The number of halogens is 1. The Kier molecular flexibility index (Phi) is 5.19. The van der Waals surface area contributed by atoms with Crippen molar-refractivity contribution in [3.63, 3.8) is 0 Å². The van der Waals surface area contributed by atoms with E-state index in [9.17, 15) is 0 Å². The molecule has 0 saturated heterocycles. The second kappa shape index (κ2) is 5.08. The van der Waals surface area contributed by atoms with Crippen LogP contribution in [-0.2, 0) is 0 Å². The summed E-state index contributed by atoms with van der Waals surface area (Å²) in [6.07, 6.45) is 1.04. The van der Waals surface area contributed by atoms with E-state index < -0.39 is 0 Å². The molecule has 0 amide bonds. The summed E-state index contributed by atoms with van der Waals surface area (Å²) in [6, 6.07) is 1.06. The quantitative estimate of drug-likeness (QED) is 0.674. The second-order valence-electron chi connectivity index (χ2n) is 4.72. The lowest BCUT2D eigenvalue weighted by atomic mass is 9.85. The van der Waals surface area contributed by atoms with Gasteiger partial charge in [-0.3, -0.25) is 0 Å². The van der Waals surface area contributed by atoms with Gasteiger partial charge in [0.05, 0.1) is 0 Å². The van der Waals surface area contributed by atoms with Crippen molar-refractivity contribution < 1.29 is 0 Å². The van der Waals surface area contributed by atoms with Gasteiger partial charge in [0.25, 0.3) is 0 Å². The van der Waals surface area contributed by atoms with Gasteiger partial charge in [-0.25, -0.2) is 0 Å². The molecule has 12 heavy (non-hydrogen) atoms. The number of nitrogens with one attached hydrogen (secondary N) is 1. The molecule has 0 aromatic rings. The fourth-order valence-corrected chi connectivity index (χ4v) is 1.50. The normalized spacial score (nSPS) is 15.2. The van der Waals surface area contributed by atoms with Crippen molar-refractivity contribution in [2.75, 3.05) is 5.88 Å². The van der Waals surface area contributed by atoms with Gasteiger partial charge in [-0.2, -0.15) is 0 Å². The summed E-state index contributed by atoms with van der Waals surface area (Å²) < 4.78 is 0. The van der Waals surface area contributed by atoms with E-state index in [2.05, 4.69) is 39.9 Å². The van der Waals surface area contributed by atoms with E-state index in [1.165, 1.54) is 0 Å². The Hall–Kier alpha value is 0.250. The molecule has 2 heteroatoms. The zero-order valence-corrected chi connectivity index (χ0v) is 9.70. The topological polar surface area (TPSA) is 12.0 Å². The minimum absolute atomic E-state index is 0.305. The van der Waals surface area contributed by atoms with Crippen LogP contribution in [0.15, 0.2) is 0 Å². The standard InChI is InChI=1S/C10H22ClN/c1-8(2)12-9(6-7-11)10(3,4)5/h8-9,12H,6-7H2,1-5H3. The molecule has 0 bridgehead atoms. The SMILES string of the molecule is CC(C)NC(CCCl)C(C)(C)C.